The lowest BCUT2D eigenvalue weighted by Crippen LogP contribution is -2.21. The van der Waals surface area contributed by atoms with Crippen molar-refractivity contribution in [1.82, 2.24) is 4.98 Å². The number of pyridine rings is 1. The Kier molecular flexibility index (Phi) is 4.70. The van der Waals surface area contributed by atoms with Crippen LogP contribution in [0.25, 0.3) is 0 Å². The fourth-order valence-electron chi connectivity index (χ4n) is 1.40. The first-order chi connectivity index (χ1) is 9.08. The molecule has 0 atom stereocenters. The van der Waals surface area contributed by atoms with Gasteiger partial charge in [-0.3, -0.25) is 0 Å². The number of rotatable bonds is 3. The van der Waals surface area contributed by atoms with Crippen LogP contribution in [0.3, 0.4) is 0 Å². The van der Waals surface area contributed by atoms with Gasteiger partial charge in [-0.25, -0.2) is 4.98 Å². The molecule has 0 N–H and O–H groups in total. The smallest absolute Gasteiger partial charge is 0.388 e. The van der Waals surface area contributed by atoms with E-state index in [0.29, 0.717) is 6.07 Å². The van der Waals surface area contributed by atoms with Gasteiger partial charge >= 0.3 is 12.5 Å². The molecule has 0 fully saturated rings. The second-order valence-electron chi connectivity index (χ2n) is 3.46. The number of hydrogen-bond acceptors (Lipinski definition) is 3. The van der Waals surface area contributed by atoms with Gasteiger partial charge in [-0.15, -0.1) is 24.8 Å². The highest BCUT2D eigenvalue weighted by Crippen LogP contribution is 2.35. The van der Waals surface area contributed by atoms with Crippen molar-refractivity contribution in [2.24, 2.45) is 0 Å². The van der Waals surface area contributed by atoms with E-state index in [4.69, 9.17) is 16.9 Å². The minimum absolute atomic E-state index is 0.296. The van der Waals surface area contributed by atoms with Crippen molar-refractivity contribution in [3.63, 3.8) is 0 Å². The maximum Gasteiger partial charge on any atom is 0.574 e. The summed E-state index contributed by atoms with van der Waals surface area (Å²) in [5.74, 6) is -1.79. The third-order valence-electron chi connectivity index (χ3n) is 2.08. The van der Waals surface area contributed by atoms with Crippen LogP contribution in [0.4, 0.5) is 26.3 Å². The Bertz CT molecular complexity index is 534. The largest absolute Gasteiger partial charge is 0.574 e. The van der Waals surface area contributed by atoms with E-state index in [9.17, 15) is 26.3 Å². The van der Waals surface area contributed by atoms with Crippen LogP contribution in [0.1, 0.15) is 16.8 Å². The fraction of sp³-hybridized carbons (Fsp3) is 0.400. The quantitative estimate of drug-likeness (QED) is 0.629. The van der Waals surface area contributed by atoms with Gasteiger partial charge in [-0.1, -0.05) is 0 Å². The van der Waals surface area contributed by atoms with E-state index in [1.54, 1.807) is 0 Å². The van der Waals surface area contributed by atoms with Crippen molar-refractivity contribution in [3.8, 4) is 11.9 Å². The predicted octanol–water partition coefficient (Wildman–Crippen LogP) is 3.80. The second-order valence-corrected chi connectivity index (χ2v) is 3.73. The van der Waals surface area contributed by atoms with Gasteiger partial charge in [0.1, 0.15) is 0 Å². The summed E-state index contributed by atoms with van der Waals surface area (Å²) in [6.07, 6.45) is -10.9. The lowest BCUT2D eigenvalue weighted by atomic mass is 10.0. The SMILES string of the molecule is N#CCc1c(CCl)cc(OC(F)(F)F)nc1C(F)(F)F. The Hall–Kier alpha value is -1.69. The fourth-order valence-corrected chi connectivity index (χ4v) is 1.64. The van der Waals surface area contributed by atoms with Gasteiger partial charge < -0.3 is 4.74 Å². The van der Waals surface area contributed by atoms with Crippen LogP contribution in [0, 0.1) is 11.3 Å². The molecule has 0 aliphatic heterocycles. The van der Waals surface area contributed by atoms with Gasteiger partial charge in [0, 0.05) is 17.5 Å². The van der Waals surface area contributed by atoms with Gasteiger partial charge in [0.05, 0.1) is 12.5 Å². The molecule has 0 spiro atoms. The van der Waals surface area contributed by atoms with E-state index in [-0.39, 0.29) is 5.56 Å². The summed E-state index contributed by atoms with van der Waals surface area (Å²) < 4.78 is 77.7. The zero-order chi connectivity index (χ0) is 15.6. The molecule has 1 rings (SSSR count). The topological polar surface area (TPSA) is 45.9 Å². The third-order valence-corrected chi connectivity index (χ3v) is 2.37. The molecule has 0 saturated heterocycles. The normalized spacial score (nSPS) is 12.1. The van der Waals surface area contributed by atoms with Crippen molar-refractivity contribution < 1.29 is 31.1 Å². The number of nitriles is 1. The van der Waals surface area contributed by atoms with Crippen LogP contribution in [0.15, 0.2) is 6.07 Å². The van der Waals surface area contributed by atoms with E-state index in [1.807, 2.05) is 0 Å². The number of ether oxygens (including phenoxy) is 1. The molecule has 0 radical (unpaired) electrons. The van der Waals surface area contributed by atoms with Crippen molar-refractivity contribution in [1.29, 1.82) is 5.26 Å². The summed E-state index contributed by atoms with van der Waals surface area (Å²) in [4.78, 5) is 2.78. The van der Waals surface area contributed by atoms with Crippen molar-refractivity contribution in [3.05, 3.63) is 22.9 Å². The lowest BCUT2D eigenvalue weighted by Gasteiger charge is -2.16. The highest BCUT2D eigenvalue weighted by molar-refractivity contribution is 6.17. The van der Waals surface area contributed by atoms with Gasteiger partial charge in [0.2, 0.25) is 5.88 Å². The van der Waals surface area contributed by atoms with Crippen molar-refractivity contribution >= 4 is 11.6 Å². The van der Waals surface area contributed by atoms with E-state index < -0.39 is 42.0 Å². The van der Waals surface area contributed by atoms with E-state index >= 15 is 0 Å². The van der Waals surface area contributed by atoms with Crippen molar-refractivity contribution in [2.75, 3.05) is 0 Å². The summed E-state index contributed by atoms with van der Waals surface area (Å²) in [6, 6.07) is 2.10. The number of aromatic nitrogens is 1. The molecule has 0 bridgehead atoms. The van der Waals surface area contributed by atoms with Gasteiger partial charge in [-0.2, -0.15) is 18.4 Å². The molecule has 0 amide bonds. The van der Waals surface area contributed by atoms with Gasteiger partial charge in [-0.05, 0) is 5.56 Å². The van der Waals surface area contributed by atoms with Crippen LogP contribution in [-0.4, -0.2) is 11.3 Å². The predicted molar refractivity (Wildman–Crippen MR) is 54.8 cm³/mol. The van der Waals surface area contributed by atoms with Gasteiger partial charge in [0.15, 0.2) is 5.69 Å². The lowest BCUT2D eigenvalue weighted by molar-refractivity contribution is -0.276. The monoisotopic (exact) mass is 318 g/mol. The van der Waals surface area contributed by atoms with Crippen LogP contribution in [-0.2, 0) is 18.5 Å². The second kappa shape index (κ2) is 5.75. The zero-order valence-electron chi connectivity index (χ0n) is 9.44. The first-order valence-corrected chi connectivity index (χ1v) is 5.40. The molecule has 0 aromatic carbocycles. The molecule has 1 aromatic heterocycles. The molecule has 20 heavy (non-hydrogen) atoms. The van der Waals surface area contributed by atoms with Crippen LogP contribution < -0.4 is 4.74 Å². The Morgan fingerprint density at radius 1 is 1.25 bits per heavy atom. The average molecular weight is 319 g/mol. The number of hydrogen-bond donors (Lipinski definition) is 0. The number of alkyl halides is 7. The van der Waals surface area contributed by atoms with E-state index in [1.165, 1.54) is 6.07 Å². The molecule has 3 nitrogen and oxygen atoms in total. The van der Waals surface area contributed by atoms with Crippen LogP contribution in [0.5, 0.6) is 5.88 Å². The minimum Gasteiger partial charge on any atom is -0.388 e. The highest BCUT2D eigenvalue weighted by atomic mass is 35.5. The summed E-state index contributed by atoms with van der Waals surface area (Å²) in [7, 11) is 0. The Labute approximate surface area is 113 Å². The maximum absolute atomic E-state index is 12.7. The Balaban J connectivity index is 3.44. The molecule has 0 unspecified atom stereocenters. The van der Waals surface area contributed by atoms with Crippen LogP contribution >= 0.6 is 11.6 Å². The highest BCUT2D eigenvalue weighted by Gasteiger charge is 2.39. The summed E-state index contributed by atoms with van der Waals surface area (Å²) in [5, 5.41) is 8.49. The Morgan fingerprint density at radius 2 is 1.85 bits per heavy atom. The third kappa shape index (κ3) is 4.16. The first-order valence-electron chi connectivity index (χ1n) is 4.87. The number of nitrogens with zero attached hydrogens (tertiary/aromatic N) is 2. The molecule has 0 aliphatic carbocycles. The van der Waals surface area contributed by atoms with Gasteiger partial charge in [0.25, 0.3) is 0 Å². The average Bonchev–Trinajstić information content (AvgIpc) is 2.27. The zero-order valence-corrected chi connectivity index (χ0v) is 10.2. The van der Waals surface area contributed by atoms with E-state index in [0.717, 1.165) is 0 Å². The molecule has 1 aromatic rings. The molecule has 110 valence electrons. The number of halogens is 7. The summed E-state index contributed by atoms with van der Waals surface area (Å²) >= 11 is 5.39. The minimum atomic E-state index is -5.18. The summed E-state index contributed by atoms with van der Waals surface area (Å²) in [6.45, 7) is 0. The molecule has 0 saturated carbocycles. The molecule has 0 aliphatic rings. The molecule has 1 heterocycles. The summed E-state index contributed by atoms with van der Waals surface area (Å²) in [5.41, 5.74) is -2.48. The molecule has 10 heteroatoms. The Morgan fingerprint density at radius 3 is 2.25 bits per heavy atom. The first kappa shape index (κ1) is 16.4. The maximum atomic E-state index is 12.7. The standard InChI is InChI=1S/C10H5ClF6N2O/c11-4-5-3-7(20-10(15,16)17)19-8(9(12,13)14)6(5)1-2-18/h3H,1,4H2. The molecular weight excluding hydrogens is 314 g/mol. The van der Waals surface area contributed by atoms with Crippen LogP contribution in [0.2, 0.25) is 0 Å². The van der Waals surface area contributed by atoms with E-state index in [2.05, 4.69) is 9.72 Å². The molecular formula is C10H5ClF6N2O. The van der Waals surface area contributed by atoms with Crippen molar-refractivity contribution in [2.45, 2.75) is 24.8 Å².